The molecule has 0 aromatic heterocycles. The van der Waals surface area contributed by atoms with E-state index in [9.17, 15) is 17.2 Å². The summed E-state index contributed by atoms with van der Waals surface area (Å²) in [5.74, 6) is -0.289. The van der Waals surface area contributed by atoms with Crippen molar-refractivity contribution < 1.29 is 17.2 Å². The normalized spacial score (nSPS) is 15.3. The first kappa shape index (κ1) is 9.06. The van der Waals surface area contributed by atoms with E-state index >= 15 is 0 Å². The van der Waals surface area contributed by atoms with Crippen molar-refractivity contribution in [3.8, 4) is 0 Å². The van der Waals surface area contributed by atoms with Crippen LogP contribution in [0.4, 0.5) is 0 Å². The maximum Gasteiger partial charge on any atom is 0.217 e. The van der Waals surface area contributed by atoms with Gasteiger partial charge in [-0.25, -0.2) is 8.42 Å². The topological polar surface area (TPSA) is 74.3 Å². The number of rotatable bonds is 3. The van der Waals surface area contributed by atoms with Crippen LogP contribution >= 0.6 is 0 Å². The van der Waals surface area contributed by atoms with Gasteiger partial charge in [-0.05, 0) is 6.42 Å². The van der Waals surface area contributed by atoms with Crippen molar-refractivity contribution in [2.24, 2.45) is 0 Å². The zero-order valence-corrected chi connectivity index (χ0v) is 6.50. The molecule has 6 heteroatoms. The van der Waals surface area contributed by atoms with Crippen LogP contribution < -0.4 is 0 Å². The second-order valence-corrected chi connectivity index (χ2v) is 5.74. The third-order valence-electron chi connectivity index (χ3n) is 0.661. The Morgan fingerprint density at radius 1 is 1.56 bits per heavy atom. The largest absolute Gasteiger partial charge is 0.760 e. The van der Waals surface area contributed by atoms with Gasteiger partial charge in [0.1, 0.15) is 0 Å². The third-order valence-corrected chi connectivity index (χ3v) is 3.73. The number of hydrogen-bond acceptors (Lipinski definition) is 4. The van der Waals surface area contributed by atoms with E-state index in [4.69, 9.17) is 0 Å². The maximum atomic E-state index is 10.3. The molecular weight excluding hydrogens is 164 g/mol. The van der Waals surface area contributed by atoms with Crippen LogP contribution in [0.1, 0.15) is 13.3 Å². The minimum atomic E-state index is -3.83. The molecule has 0 rings (SSSR count). The summed E-state index contributed by atoms with van der Waals surface area (Å²) in [5.41, 5.74) is 0. The highest BCUT2D eigenvalue weighted by molar-refractivity contribution is 8.61. The van der Waals surface area contributed by atoms with Crippen molar-refractivity contribution in [1.29, 1.82) is 0 Å². The molecule has 0 aliphatic rings. The minimum absolute atomic E-state index is 0.289. The van der Waals surface area contributed by atoms with Crippen molar-refractivity contribution >= 4 is 19.0 Å². The summed E-state index contributed by atoms with van der Waals surface area (Å²) in [6.45, 7) is 1.60. The lowest BCUT2D eigenvalue weighted by Crippen LogP contribution is -2.10. The van der Waals surface area contributed by atoms with Crippen molar-refractivity contribution in [2.45, 2.75) is 13.3 Å². The van der Waals surface area contributed by atoms with Crippen LogP contribution in [0.3, 0.4) is 0 Å². The molecule has 0 saturated carbocycles. The van der Waals surface area contributed by atoms with Crippen LogP contribution in [0.2, 0.25) is 0 Å². The lowest BCUT2D eigenvalue weighted by atomic mass is 10.6. The van der Waals surface area contributed by atoms with E-state index in [0.717, 1.165) is 0 Å². The van der Waals surface area contributed by atoms with E-state index in [2.05, 4.69) is 0 Å². The molecule has 0 amide bonds. The van der Waals surface area contributed by atoms with Crippen LogP contribution in [-0.2, 0) is 19.0 Å². The van der Waals surface area contributed by atoms with E-state index in [1.807, 2.05) is 0 Å². The van der Waals surface area contributed by atoms with E-state index < -0.39 is 19.0 Å². The zero-order chi connectivity index (χ0) is 7.49. The second-order valence-electron chi connectivity index (χ2n) is 1.47. The van der Waals surface area contributed by atoms with Crippen molar-refractivity contribution in [3.63, 3.8) is 0 Å². The standard InChI is InChI=1S/C3H8O4S2/c1-2-3-9(6,7)8(4)5/h2-3H2,1H3,(H,4,5)/p-1. The first-order valence-electron chi connectivity index (χ1n) is 2.33. The fourth-order valence-electron chi connectivity index (χ4n) is 0.318. The molecule has 0 bridgehead atoms. The molecule has 1 atom stereocenters. The molecule has 0 aliphatic heterocycles. The zero-order valence-electron chi connectivity index (χ0n) is 4.86. The molecule has 0 spiro atoms. The number of hydrogen-bond donors (Lipinski definition) is 0. The van der Waals surface area contributed by atoms with Gasteiger partial charge < -0.3 is 4.55 Å². The monoisotopic (exact) mass is 171 g/mol. The van der Waals surface area contributed by atoms with Gasteiger partial charge in [0.2, 0.25) is 8.87 Å². The molecule has 0 aromatic rings. The molecule has 0 heterocycles. The molecule has 56 valence electrons. The van der Waals surface area contributed by atoms with Gasteiger partial charge in [0.15, 0.2) is 0 Å². The lowest BCUT2D eigenvalue weighted by Gasteiger charge is -2.03. The summed E-state index contributed by atoms with van der Waals surface area (Å²) < 4.78 is 40.3. The minimum Gasteiger partial charge on any atom is -0.760 e. The lowest BCUT2D eigenvalue weighted by molar-refractivity contribution is 0.540. The third kappa shape index (κ3) is 2.92. The molecule has 1 unspecified atom stereocenters. The smallest absolute Gasteiger partial charge is 0.217 e. The quantitative estimate of drug-likeness (QED) is 0.428. The Labute approximate surface area is 55.9 Å². The molecule has 0 saturated heterocycles. The van der Waals surface area contributed by atoms with E-state index in [1.54, 1.807) is 6.92 Å². The highest BCUT2D eigenvalue weighted by Gasteiger charge is 2.07. The fraction of sp³-hybridized carbons (Fsp3) is 1.00. The first-order valence-corrected chi connectivity index (χ1v) is 5.57. The van der Waals surface area contributed by atoms with Crippen LogP contribution in [0.5, 0.6) is 0 Å². The Morgan fingerprint density at radius 2 is 2.00 bits per heavy atom. The van der Waals surface area contributed by atoms with Gasteiger partial charge in [0.25, 0.3) is 0 Å². The average molecular weight is 171 g/mol. The van der Waals surface area contributed by atoms with Gasteiger partial charge in [0, 0.05) is 0 Å². The van der Waals surface area contributed by atoms with Crippen molar-refractivity contribution in [1.82, 2.24) is 0 Å². The van der Waals surface area contributed by atoms with Gasteiger partial charge in [-0.1, -0.05) is 6.92 Å². The molecular formula is C3H7O4S2-. The summed E-state index contributed by atoms with van der Waals surface area (Å²) >= 11 is 0. The SMILES string of the molecule is CCCS(=O)(=O)S(=O)[O-]. The Bertz CT molecular complexity index is 192. The maximum absolute atomic E-state index is 10.3. The first-order chi connectivity index (χ1) is 4.00. The Balaban J connectivity index is 4.23. The molecule has 0 aromatic carbocycles. The van der Waals surface area contributed by atoms with Gasteiger partial charge >= 0.3 is 0 Å². The predicted octanol–water partition coefficient (Wildman–Crippen LogP) is -0.395. The summed E-state index contributed by atoms with van der Waals surface area (Å²) in [7, 11) is -6.79. The van der Waals surface area contributed by atoms with E-state index in [1.165, 1.54) is 0 Å². The van der Waals surface area contributed by atoms with Gasteiger partial charge in [-0.15, -0.1) is 0 Å². The Hall–Kier alpha value is 0.0600. The summed E-state index contributed by atoms with van der Waals surface area (Å²) in [4.78, 5) is 0. The average Bonchev–Trinajstić information content (AvgIpc) is 1.65. The Morgan fingerprint density at radius 3 is 2.11 bits per heavy atom. The van der Waals surface area contributed by atoms with Crippen molar-refractivity contribution in [3.05, 3.63) is 0 Å². The van der Waals surface area contributed by atoms with Gasteiger partial charge in [-0.2, -0.15) is 0 Å². The van der Waals surface area contributed by atoms with Crippen LogP contribution in [0.15, 0.2) is 0 Å². The van der Waals surface area contributed by atoms with E-state index in [0.29, 0.717) is 6.42 Å². The summed E-state index contributed by atoms with van der Waals surface area (Å²) in [5, 5.41) is 0. The highest BCUT2D eigenvalue weighted by Crippen LogP contribution is 1.95. The molecule has 0 fully saturated rings. The predicted molar refractivity (Wildman–Crippen MR) is 33.0 cm³/mol. The van der Waals surface area contributed by atoms with Crippen LogP contribution in [0, 0.1) is 0 Å². The molecule has 0 aliphatic carbocycles. The summed E-state index contributed by atoms with van der Waals surface area (Å²) in [6, 6.07) is 0. The fourth-order valence-corrected chi connectivity index (χ4v) is 1.86. The van der Waals surface area contributed by atoms with Crippen LogP contribution in [0.25, 0.3) is 0 Å². The summed E-state index contributed by atoms with van der Waals surface area (Å²) in [6.07, 6.45) is 0.330. The molecule has 4 nitrogen and oxygen atoms in total. The van der Waals surface area contributed by atoms with Crippen LogP contribution in [-0.4, -0.2) is 22.9 Å². The molecule has 9 heavy (non-hydrogen) atoms. The van der Waals surface area contributed by atoms with Crippen molar-refractivity contribution in [2.75, 3.05) is 5.75 Å². The van der Waals surface area contributed by atoms with Gasteiger partial charge in [0.05, 0.1) is 15.9 Å². The van der Waals surface area contributed by atoms with Gasteiger partial charge in [-0.3, -0.25) is 4.21 Å². The molecule has 0 N–H and O–H groups in total. The Kier molecular flexibility index (Phi) is 3.31. The molecule has 0 radical (unpaired) electrons. The van der Waals surface area contributed by atoms with E-state index in [-0.39, 0.29) is 5.75 Å². The highest BCUT2D eigenvalue weighted by atomic mass is 33.2. The second kappa shape index (κ2) is 3.28.